The minimum Gasteiger partial charge on any atom is -0.494 e. The van der Waals surface area contributed by atoms with Crippen LogP contribution in [0.5, 0.6) is 5.75 Å². The van der Waals surface area contributed by atoms with E-state index in [2.05, 4.69) is 58.0 Å². The molecular weight excluding hydrogens is 430 g/mol. The molecule has 184 valence electrons. The molecule has 0 spiro atoms. The molecule has 9 nitrogen and oxygen atoms in total. The first-order valence-electron chi connectivity index (χ1n) is 12.4. The molecule has 3 heterocycles. The van der Waals surface area contributed by atoms with E-state index in [1.807, 2.05) is 35.9 Å². The van der Waals surface area contributed by atoms with Gasteiger partial charge in [0.2, 0.25) is 0 Å². The van der Waals surface area contributed by atoms with Gasteiger partial charge in [0.1, 0.15) is 11.8 Å². The Balaban J connectivity index is 1.82. The number of fused-ring (bicyclic) bond motifs is 1. The van der Waals surface area contributed by atoms with Crippen molar-refractivity contribution < 1.29 is 4.74 Å². The standard InChI is InChI=1S/C25H37N7O2/c1-6-11-30-12-14-31(15-13-30)22(23-27-28-29-32(23)25(4,5)7-2)20-17-18-16-19(34-8-3)9-10-21(18)26-24(20)33/h9-10,16-17,22H,6-8,11-15H2,1-5H3,(H,26,33)/t22-/m1/s1. The van der Waals surface area contributed by atoms with Gasteiger partial charge in [0.05, 0.1) is 12.1 Å². The van der Waals surface area contributed by atoms with Crippen LogP contribution in [-0.4, -0.2) is 74.3 Å². The summed E-state index contributed by atoms with van der Waals surface area (Å²) in [5.74, 6) is 1.50. The van der Waals surface area contributed by atoms with Crippen LogP contribution in [0, 0.1) is 0 Å². The molecule has 3 aromatic rings. The number of ether oxygens (including phenoxy) is 1. The summed E-state index contributed by atoms with van der Waals surface area (Å²) in [6.07, 6.45) is 2.01. The summed E-state index contributed by atoms with van der Waals surface area (Å²) < 4.78 is 7.60. The van der Waals surface area contributed by atoms with Crippen LogP contribution in [0.2, 0.25) is 0 Å². The Bertz CT molecular complexity index is 1160. The summed E-state index contributed by atoms with van der Waals surface area (Å²) in [6.45, 7) is 15.9. The highest BCUT2D eigenvalue weighted by Crippen LogP contribution is 2.31. The van der Waals surface area contributed by atoms with Gasteiger partial charge in [-0.05, 0) is 74.8 Å². The fraction of sp³-hybridized carbons (Fsp3) is 0.600. The molecule has 0 saturated carbocycles. The lowest BCUT2D eigenvalue weighted by atomic mass is 9.99. The molecule has 0 radical (unpaired) electrons. The van der Waals surface area contributed by atoms with E-state index in [0.717, 1.165) is 62.2 Å². The predicted molar refractivity (Wildman–Crippen MR) is 133 cm³/mol. The summed E-state index contributed by atoms with van der Waals surface area (Å²) in [5, 5.41) is 13.8. The van der Waals surface area contributed by atoms with Crippen molar-refractivity contribution in [3.8, 4) is 5.75 Å². The second kappa shape index (κ2) is 10.2. The summed E-state index contributed by atoms with van der Waals surface area (Å²) in [6, 6.07) is 7.41. The maximum atomic E-state index is 13.4. The van der Waals surface area contributed by atoms with Gasteiger partial charge in [-0.15, -0.1) is 5.10 Å². The van der Waals surface area contributed by atoms with Crippen LogP contribution < -0.4 is 10.3 Å². The molecule has 34 heavy (non-hydrogen) atoms. The molecule has 1 saturated heterocycles. The SMILES string of the molecule is CCCN1CCN([C@H](c2cc3cc(OCC)ccc3[nH]c2=O)c2nnnn2C(C)(C)CC)CC1. The van der Waals surface area contributed by atoms with Gasteiger partial charge in [0.15, 0.2) is 5.82 Å². The number of aromatic nitrogens is 5. The lowest BCUT2D eigenvalue weighted by Crippen LogP contribution is -2.49. The van der Waals surface area contributed by atoms with Crippen LogP contribution in [-0.2, 0) is 5.54 Å². The maximum Gasteiger partial charge on any atom is 0.253 e. The van der Waals surface area contributed by atoms with Crippen molar-refractivity contribution in [2.75, 3.05) is 39.3 Å². The Morgan fingerprint density at radius 2 is 1.88 bits per heavy atom. The van der Waals surface area contributed by atoms with Crippen LogP contribution in [0.3, 0.4) is 0 Å². The number of hydrogen-bond donors (Lipinski definition) is 1. The van der Waals surface area contributed by atoms with Gasteiger partial charge in [-0.25, -0.2) is 4.68 Å². The van der Waals surface area contributed by atoms with Crippen molar-refractivity contribution in [1.82, 2.24) is 35.0 Å². The lowest BCUT2D eigenvalue weighted by molar-refractivity contribution is 0.101. The first-order chi connectivity index (χ1) is 16.4. The number of tetrazole rings is 1. The second-order valence-electron chi connectivity index (χ2n) is 9.63. The molecule has 1 aromatic carbocycles. The van der Waals surface area contributed by atoms with Crippen molar-refractivity contribution in [3.63, 3.8) is 0 Å². The maximum absolute atomic E-state index is 13.4. The van der Waals surface area contributed by atoms with Crippen LogP contribution in [0.15, 0.2) is 29.1 Å². The zero-order valence-electron chi connectivity index (χ0n) is 21.0. The van der Waals surface area contributed by atoms with E-state index in [1.54, 1.807) is 0 Å². The van der Waals surface area contributed by atoms with Gasteiger partial charge >= 0.3 is 0 Å². The Labute approximate surface area is 201 Å². The molecule has 0 amide bonds. The van der Waals surface area contributed by atoms with Crippen molar-refractivity contribution in [2.45, 2.75) is 59.0 Å². The first-order valence-corrected chi connectivity index (χ1v) is 12.4. The number of H-pyrrole nitrogens is 1. The normalized spacial score (nSPS) is 16.7. The fourth-order valence-corrected chi connectivity index (χ4v) is 4.67. The first kappa shape index (κ1) is 24.3. The summed E-state index contributed by atoms with van der Waals surface area (Å²) in [5.41, 5.74) is 1.07. The van der Waals surface area contributed by atoms with E-state index >= 15 is 0 Å². The number of benzene rings is 1. The molecule has 1 N–H and O–H groups in total. The number of pyridine rings is 1. The lowest BCUT2D eigenvalue weighted by Gasteiger charge is -2.39. The minimum atomic E-state index is -0.339. The molecule has 1 atom stereocenters. The monoisotopic (exact) mass is 467 g/mol. The molecule has 9 heteroatoms. The number of hydrogen-bond acceptors (Lipinski definition) is 7. The van der Waals surface area contributed by atoms with Crippen LogP contribution in [0.4, 0.5) is 0 Å². The van der Waals surface area contributed by atoms with Crippen LogP contribution in [0.1, 0.15) is 64.9 Å². The molecule has 0 aliphatic carbocycles. The van der Waals surface area contributed by atoms with Gasteiger partial charge in [0, 0.05) is 42.6 Å². The van der Waals surface area contributed by atoms with Gasteiger partial charge < -0.3 is 14.6 Å². The molecule has 4 rings (SSSR count). The Morgan fingerprint density at radius 3 is 2.56 bits per heavy atom. The predicted octanol–water partition coefficient (Wildman–Crippen LogP) is 3.18. The second-order valence-corrected chi connectivity index (χ2v) is 9.63. The molecule has 0 unspecified atom stereocenters. The number of nitrogens with one attached hydrogen (secondary N) is 1. The van der Waals surface area contributed by atoms with E-state index < -0.39 is 0 Å². The molecule has 1 aliphatic heterocycles. The Hall–Kier alpha value is -2.78. The van der Waals surface area contributed by atoms with Gasteiger partial charge in [-0.3, -0.25) is 9.69 Å². The van der Waals surface area contributed by atoms with E-state index in [1.165, 1.54) is 0 Å². The third-order valence-electron chi connectivity index (χ3n) is 6.94. The summed E-state index contributed by atoms with van der Waals surface area (Å²) in [4.78, 5) is 21.3. The molecule has 2 aromatic heterocycles. The van der Waals surface area contributed by atoms with Crippen molar-refractivity contribution in [2.24, 2.45) is 0 Å². The van der Waals surface area contributed by atoms with Crippen molar-refractivity contribution in [1.29, 1.82) is 0 Å². The van der Waals surface area contributed by atoms with Gasteiger partial charge in [-0.1, -0.05) is 13.8 Å². The fourth-order valence-electron chi connectivity index (χ4n) is 4.67. The molecule has 0 bridgehead atoms. The summed E-state index contributed by atoms with van der Waals surface area (Å²) in [7, 11) is 0. The number of piperazine rings is 1. The van der Waals surface area contributed by atoms with E-state index in [0.29, 0.717) is 18.0 Å². The molecule has 1 aliphatic rings. The zero-order valence-corrected chi connectivity index (χ0v) is 21.0. The van der Waals surface area contributed by atoms with Gasteiger partial charge in [0.25, 0.3) is 5.56 Å². The van der Waals surface area contributed by atoms with Crippen LogP contribution >= 0.6 is 0 Å². The average molecular weight is 468 g/mol. The highest BCUT2D eigenvalue weighted by molar-refractivity contribution is 5.80. The topological polar surface area (TPSA) is 92.2 Å². The van der Waals surface area contributed by atoms with Crippen molar-refractivity contribution in [3.05, 3.63) is 46.0 Å². The Morgan fingerprint density at radius 1 is 1.12 bits per heavy atom. The molecule has 1 fully saturated rings. The third-order valence-corrected chi connectivity index (χ3v) is 6.94. The highest BCUT2D eigenvalue weighted by Gasteiger charge is 2.35. The summed E-state index contributed by atoms with van der Waals surface area (Å²) >= 11 is 0. The Kier molecular flexibility index (Phi) is 7.33. The van der Waals surface area contributed by atoms with E-state index in [4.69, 9.17) is 4.74 Å². The number of aromatic amines is 1. The van der Waals surface area contributed by atoms with E-state index in [-0.39, 0.29) is 17.1 Å². The third kappa shape index (κ3) is 4.86. The smallest absolute Gasteiger partial charge is 0.253 e. The quantitative estimate of drug-likeness (QED) is 0.517. The highest BCUT2D eigenvalue weighted by atomic mass is 16.5. The van der Waals surface area contributed by atoms with Crippen molar-refractivity contribution >= 4 is 10.9 Å². The average Bonchev–Trinajstić information content (AvgIpc) is 3.32. The minimum absolute atomic E-state index is 0.110. The van der Waals surface area contributed by atoms with Crippen LogP contribution in [0.25, 0.3) is 10.9 Å². The van der Waals surface area contributed by atoms with Gasteiger partial charge in [-0.2, -0.15) is 0 Å². The molecular formula is C25H37N7O2. The largest absolute Gasteiger partial charge is 0.494 e. The van der Waals surface area contributed by atoms with E-state index in [9.17, 15) is 4.79 Å². The number of rotatable bonds is 9. The number of nitrogens with zero attached hydrogens (tertiary/aromatic N) is 6. The zero-order chi connectivity index (χ0) is 24.3.